The fourth-order valence-electron chi connectivity index (χ4n) is 2.19. The average Bonchev–Trinajstić information content (AvgIpc) is 2.60. The molecule has 0 spiro atoms. The minimum Gasteiger partial charge on any atom is -0.321 e. The molecule has 126 valence electrons. The Hall–Kier alpha value is -3.46. The van der Waals surface area contributed by atoms with E-state index >= 15 is 0 Å². The highest BCUT2D eigenvalue weighted by Crippen LogP contribution is 2.19. The zero-order chi connectivity index (χ0) is 18.4. The van der Waals surface area contributed by atoms with E-state index in [4.69, 9.17) is 0 Å². The highest BCUT2D eigenvalue weighted by Gasteiger charge is 2.12. The lowest BCUT2D eigenvalue weighted by Crippen LogP contribution is -2.13. The van der Waals surface area contributed by atoms with Crippen molar-refractivity contribution in [2.45, 2.75) is 19.8 Å². The Morgan fingerprint density at radius 3 is 2.48 bits per heavy atom. The Morgan fingerprint density at radius 1 is 1.24 bits per heavy atom. The van der Waals surface area contributed by atoms with Crippen molar-refractivity contribution < 1.29 is 9.72 Å². The van der Waals surface area contributed by atoms with Crippen LogP contribution < -0.4 is 5.32 Å². The number of rotatable bonds is 5. The number of benzene rings is 2. The van der Waals surface area contributed by atoms with E-state index < -0.39 is 10.8 Å². The van der Waals surface area contributed by atoms with E-state index in [1.807, 2.05) is 30.3 Å². The first-order valence-corrected chi connectivity index (χ1v) is 7.68. The summed E-state index contributed by atoms with van der Waals surface area (Å²) in [5, 5.41) is 22.5. The van der Waals surface area contributed by atoms with Gasteiger partial charge in [0.05, 0.1) is 4.92 Å². The standard InChI is InChI=1S/C19H17N3O3/c1-13(2)15-8-6-14(7-9-15)10-16(12-20)19(23)21-17-4-3-5-18(11-17)22(24)25/h3-11,13H,1-2H3,(H,21,23). The predicted molar refractivity (Wildman–Crippen MR) is 95.8 cm³/mol. The van der Waals surface area contributed by atoms with Gasteiger partial charge in [0.2, 0.25) is 0 Å². The number of non-ortho nitro benzene ring substituents is 1. The lowest BCUT2D eigenvalue weighted by Gasteiger charge is -2.06. The van der Waals surface area contributed by atoms with Gasteiger partial charge in [-0.1, -0.05) is 44.2 Å². The molecule has 0 saturated carbocycles. The van der Waals surface area contributed by atoms with Crippen molar-refractivity contribution >= 4 is 23.4 Å². The molecule has 2 rings (SSSR count). The molecule has 6 heteroatoms. The molecule has 0 aliphatic carbocycles. The minimum atomic E-state index is -0.615. The molecule has 1 amide bonds. The predicted octanol–water partition coefficient (Wildman–Crippen LogP) is 4.26. The van der Waals surface area contributed by atoms with E-state index in [0.717, 1.165) is 11.1 Å². The summed E-state index contributed by atoms with van der Waals surface area (Å²) in [7, 11) is 0. The van der Waals surface area contributed by atoms with Gasteiger partial charge in [0.1, 0.15) is 11.6 Å². The lowest BCUT2D eigenvalue weighted by molar-refractivity contribution is -0.384. The smallest absolute Gasteiger partial charge is 0.271 e. The van der Waals surface area contributed by atoms with E-state index in [9.17, 15) is 20.2 Å². The Labute approximate surface area is 145 Å². The topological polar surface area (TPSA) is 96.0 Å². The van der Waals surface area contributed by atoms with Crippen LogP contribution in [0.15, 0.2) is 54.1 Å². The van der Waals surface area contributed by atoms with Gasteiger partial charge in [-0.25, -0.2) is 0 Å². The summed E-state index contributed by atoms with van der Waals surface area (Å²) >= 11 is 0. The Morgan fingerprint density at radius 2 is 1.92 bits per heavy atom. The maximum Gasteiger partial charge on any atom is 0.271 e. The van der Waals surface area contributed by atoms with Crippen molar-refractivity contribution in [3.8, 4) is 6.07 Å². The molecule has 25 heavy (non-hydrogen) atoms. The van der Waals surface area contributed by atoms with Crippen LogP contribution in [0, 0.1) is 21.4 Å². The van der Waals surface area contributed by atoms with E-state index in [1.54, 1.807) is 0 Å². The van der Waals surface area contributed by atoms with Crippen LogP contribution in [0.5, 0.6) is 0 Å². The number of nitrogens with one attached hydrogen (secondary N) is 1. The van der Waals surface area contributed by atoms with E-state index in [-0.39, 0.29) is 16.9 Å². The maximum atomic E-state index is 12.2. The number of nitro benzene ring substituents is 1. The summed E-state index contributed by atoms with van der Waals surface area (Å²) in [6, 6.07) is 15.0. The number of amides is 1. The molecule has 0 saturated heterocycles. The van der Waals surface area contributed by atoms with E-state index in [0.29, 0.717) is 5.92 Å². The monoisotopic (exact) mass is 335 g/mol. The second-order valence-corrected chi connectivity index (χ2v) is 5.75. The van der Waals surface area contributed by atoms with Gasteiger partial charge in [-0.3, -0.25) is 14.9 Å². The molecule has 0 unspecified atom stereocenters. The normalized spacial score (nSPS) is 11.0. The van der Waals surface area contributed by atoms with Crippen LogP contribution in [0.2, 0.25) is 0 Å². The fraction of sp³-hybridized carbons (Fsp3) is 0.158. The first-order chi connectivity index (χ1) is 11.9. The van der Waals surface area contributed by atoms with Gasteiger partial charge in [-0.2, -0.15) is 5.26 Å². The molecule has 0 radical (unpaired) electrons. The first kappa shape index (κ1) is 17.9. The number of nitro groups is 1. The molecule has 0 aliphatic rings. The van der Waals surface area contributed by atoms with Gasteiger partial charge in [-0.05, 0) is 29.2 Å². The van der Waals surface area contributed by atoms with Gasteiger partial charge in [0, 0.05) is 17.8 Å². The zero-order valence-electron chi connectivity index (χ0n) is 13.9. The van der Waals surface area contributed by atoms with E-state index in [2.05, 4.69) is 19.2 Å². The highest BCUT2D eigenvalue weighted by atomic mass is 16.6. The third-order valence-electron chi connectivity index (χ3n) is 3.59. The summed E-state index contributed by atoms with van der Waals surface area (Å²) in [6.45, 7) is 4.16. The van der Waals surface area contributed by atoms with Crippen LogP contribution in [0.1, 0.15) is 30.9 Å². The van der Waals surface area contributed by atoms with Gasteiger partial charge in [0.15, 0.2) is 0 Å². The van der Waals surface area contributed by atoms with Crippen molar-refractivity contribution in [1.29, 1.82) is 5.26 Å². The lowest BCUT2D eigenvalue weighted by atomic mass is 10.0. The molecule has 0 heterocycles. The maximum absolute atomic E-state index is 12.2. The number of carbonyl (C=O) groups excluding carboxylic acids is 1. The third kappa shape index (κ3) is 4.75. The van der Waals surface area contributed by atoms with E-state index in [1.165, 1.54) is 30.3 Å². The molecule has 2 aromatic carbocycles. The number of nitriles is 1. The molecule has 0 aliphatic heterocycles. The number of carbonyl (C=O) groups is 1. The summed E-state index contributed by atoms with van der Waals surface area (Å²) in [6.07, 6.45) is 1.48. The fourth-order valence-corrected chi connectivity index (χ4v) is 2.19. The number of nitrogens with zero attached hydrogens (tertiary/aromatic N) is 2. The van der Waals surface area contributed by atoms with Crippen molar-refractivity contribution in [1.82, 2.24) is 0 Å². The first-order valence-electron chi connectivity index (χ1n) is 7.68. The van der Waals surface area contributed by atoms with Crippen LogP contribution in [0.25, 0.3) is 6.08 Å². The number of anilines is 1. The Bertz CT molecular complexity index is 862. The quantitative estimate of drug-likeness (QED) is 0.382. The molecule has 2 aromatic rings. The van der Waals surface area contributed by atoms with Gasteiger partial charge in [-0.15, -0.1) is 0 Å². The molecular weight excluding hydrogens is 318 g/mol. The van der Waals surface area contributed by atoms with Crippen LogP contribution in [-0.2, 0) is 4.79 Å². The molecule has 0 atom stereocenters. The Kier molecular flexibility index (Phi) is 5.64. The van der Waals surface area contributed by atoms with Crippen LogP contribution >= 0.6 is 0 Å². The van der Waals surface area contributed by atoms with Gasteiger partial charge >= 0.3 is 0 Å². The van der Waals surface area contributed by atoms with Crippen LogP contribution in [0.3, 0.4) is 0 Å². The largest absolute Gasteiger partial charge is 0.321 e. The second kappa shape index (κ2) is 7.88. The summed E-state index contributed by atoms with van der Waals surface area (Å²) in [4.78, 5) is 22.5. The molecule has 0 fully saturated rings. The van der Waals surface area contributed by atoms with Crippen molar-refractivity contribution in [2.24, 2.45) is 0 Å². The SMILES string of the molecule is CC(C)c1ccc(C=C(C#N)C(=O)Nc2cccc([N+](=O)[O-])c2)cc1. The van der Waals surface area contributed by atoms with Crippen molar-refractivity contribution in [2.75, 3.05) is 5.32 Å². The van der Waals surface area contributed by atoms with Crippen LogP contribution in [-0.4, -0.2) is 10.8 Å². The summed E-state index contributed by atoms with van der Waals surface area (Å²) in [5.74, 6) is -0.221. The molecule has 1 N–H and O–H groups in total. The van der Waals surface area contributed by atoms with Gasteiger partial charge in [0.25, 0.3) is 11.6 Å². The minimum absolute atomic E-state index is 0.0798. The average molecular weight is 335 g/mol. The molecule has 6 nitrogen and oxygen atoms in total. The zero-order valence-corrected chi connectivity index (χ0v) is 13.9. The summed E-state index contributed by atoms with van der Waals surface area (Å²) in [5.41, 5.74) is 1.94. The molecule has 0 aromatic heterocycles. The Balaban J connectivity index is 2.19. The van der Waals surface area contributed by atoms with Crippen molar-refractivity contribution in [3.05, 3.63) is 75.3 Å². The third-order valence-corrected chi connectivity index (χ3v) is 3.59. The van der Waals surface area contributed by atoms with Crippen LogP contribution in [0.4, 0.5) is 11.4 Å². The second-order valence-electron chi connectivity index (χ2n) is 5.75. The molecular formula is C19H17N3O3. The number of hydrogen-bond donors (Lipinski definition) is 1. The van der Waals surface area contributed by atoms with Crippen molar-refractivity contribution in [3.63, 3.8) is 0 Å². The molecule has 0 bridgehead atoms. The number of hydrogen-bond acceptors (Lipinski definition) is 4. The van der Waals surface area contributed by atoms with Gasteiger partial charge < -0.3 is 5.32 Å². The highest BCUT2D eigenvalue weighted by molar-refractivity contribution is 6.09. The summed E-state index contributed by atoms with van der Waals surface area (Å²) < 4.78 is 0.